The van der Waals surface area contributed by atoms with Crippen LogP contribution in [0.3, 0.4) is 0 Å². The van der Waals surface area contributed by atoms with E-state index in [1.54, 1.807) is 0 Å². The Morgan fingerprint density at radius 3 is 2.81 bits per heavy atom. The van der Waals surface area contributed by atoms with Gasteiger partial charge in [-0.1, -0.05) is 32.5 Å². The molecule has 0 amide bonds. The van der Waals surface area contributed by atoms with E-state index in [4.69, 9.17) is 5.11 Å². The van der Waals surface area contributed by atoms with Crippen LogP contribution < -0.4 is 0 Å². The van der Waals surface area contributed by atoms with E-state index in [0.717, 1.165) is 32.7 Å². The molecule has 1 heterocycles. The summed E-state index contributed by atoms with van der Waals surface area (Å²) in [5.74, 6) is -0.782. The number of hydrogen-bond donors (Lipinski definition) is 1. The molecule has 1 aromatic heterocycles. The molecule has 4 nitrogen and oxygen atoms in total. The molecule has 0 saturated heterocycles. The van der Waals surface area contributed by atoms with E-state index in [2.05, 4.69) is 65.0 Å². The summed E-state index contributed by atoms with van der Waals surface area (Å²) in [6, 6.07) is 6.17. The summed E-state index contributed by atoms with van der Waals surface area (Å²) >= 11 is 3.55. The molecule has 0 unspecified atom stereocenters. The predicted molar refractivity (Wildman–Crippen MR) is 94.9 cm³/mol. The van der Waals surface area contributed by atoms with Crippen LogP contribution >= 0.6 is 34.4 Å². The summed E-state index contributed by atoms with van der Waals surface area (Å²) < 4.78 is 3.29. The Balaban J connectivity index is 2.46. The van der Waals surface area contributed by atoms with Crippen molar-refractivity contribution in [3.63, 3.8) is 0 Å². The quantitative estimate of drug-likeness (QED) is 0.563. The number of nitrogens with zero attached hydrogens (tertiary/aromatic N) is 2. The van der Waals surface area contributed by atoms with Crippen LogP contribution in [-0.4, -0.2) is 26.4 Å². The van der Waals surface area contributed by atoms with Crippen LogP contribution in [0.1, 0.15) is 27.2 Å². The Morgan fingerprint density at radius 2 is 2.19 bits per heavy atom. The molecule has 21 heavy (non-hydrogen) atoms. The average molecular weight is 418 g/mol. The maximum absolute atomic E-state index is 10.8. The second-order valence-corrected chi connectivity index (χ2v) is 8.00. The summed E-state index contributed by atoms with van der Waals surface area (Å²) in [5, 5.41) is 9.69. The molecule has 2 rings (SSSR count). The molecule has 6 heteroatoms. The first kappa shape index (κ1) is 16.6. The molecule has 0 aliphatic rings. The molecular formula is C15H19IN2O2S. The van der Waals surface area contributed by atoms with Crippen molar-refractivity contribution in [1.29, 1.82) is 0 Å². The van der Waals surface area contributed by atoms with Gasteiger partial charge in [0.25, 0.3) is 0 Å². The van der Waals surface area contributed by atoms with Gasteiger partial charge in [0, 0.05) is 10.1 Å². The molecule has 0 bridgehead atoms. The Bertz CT molecular complexity index is 667. The van der Waals surface area contributed by atoms with Crippen LogP contribution in [0.5, 0.6) is 0 Å². The Labute approximate surface area is 142 Å². The number of imidazole rings is 1. The smallest absolute Gasteiger partial charge is 0.313 e. The van der Waals surface area contributed by atoms with E-state index in [-0.39, 0.29) is 11.2 Å². The van der Waals surface area contributed by atoms with Gasteiger partial charge in [0.1, 0.15) is 0 Å². The molecule has 0 spiro atoms. The lowest BCUT2D eigenvalue weighted by Crippen LogP contribution is -2.19. The Hall–Kier alpha value is -0.760. The maximum atomic E-state index is 10.8. The monoisotopic (exact) mass is 418 g/mol. The first-order chi connectivity index (χ1) is 9.82. The van der Waals surface area contributed by atoms with Crippen molar-refractivity contribution in [2.45, 2.75) is 38.9 Å². The highest BCUT2D eigenvalue weighted by Crippen LogP contribution is 2.30. The lowest BCUT2D eigenvalue weighted by atomic mass is 9.90. The minimum atomic E-state index is -0.817. The summed E-state index contributed by atoms with van der Waals surface area (Å²) in [6.45, 7) is 7.45. The second-order valence-electron chi connectivity index (χ2n) is 5.81. The van der Waals surface area contributed by atoms with Crippen molar-refractivity contribution in [3.8, 4) is 0 Å². The third-order valence-electron chi connectivity index (χ3n) is 3.54. The highest BCUT2D eigenvalue weighted by molar-refractivity contribution is 14.1. The summed E-state index contributed by atoms with van der Waals surface area (Å²) in [7, 11) is 0. The number of fused-ring (bicyclic) bond motifs is 1. The van der Waals surface area contributed by atoms with Gasteiger partial charge in [-0.15, -0.1) is 0 Å². The van der Waals surface area contributed by atoms with E-state index in [0.29, 0.717) is 0 Å². The zero-order chi connectivity index (χ0) is 15.6. The van der Waals surface area contributed by atoms with E-state index in [1.165, 1.54) is 11.8 Å². The number of aromatic nitrogens is 2. The average Bonchev–Trinajstić information content (AvgIpc) is 2.73. The van der Waals surface area contributed by atoms with Gasteiger partial charge in [0.05, 0.1) is 16.8 Å². The van der Waals surface area contributed by atoms with E-state index < -0.39 is 5.97 Å². The SMILES string of the molecule is CCC(C)(C)Cn1c(SCC(=O)O)nc2cc(I)ccc21. The lowest BCUT2D eigenvalue weighted by molar-refractivity contribution is -0.133. The van der Waals surface area contributed by atoms with Crippen molar-refractivity contribution >= 4 is 51.4 Å². The normalized spacial score (nSPS) is 12.0. The largest absolute Gasteiger partial charge is 0.481 e. The summed E-state index contributed by atoms with van der Waals surface area (Å²) in [5.41, 5.74) is 2.15. The number of hydrogen-bond acceptors (Lipinski definition) is 3. The fourth-order valence-electron chi connectivity index (χ4n) is 2.01. The number of thioether (sulfide) groups is 1. The van der Waals surface area contributed by atoms with Crippen LogP contribution in [0.15, 0.2) is 23.4 Å². The first-order valence-electron chi connectivity index (χ1n) is 6.83. The number of rotatable bonds is 6. The third kappa shape index (κ3) is 4.12. The molecular weight excluding hydrogens is 399 g/mol. The van der Waals surface area contributed by atoms with Gasteiger partial charge in [-0.25, -0.2) is 4.98 Å². The Kier molecular flexibility index (Phi) is 5.19. The van der Waals surface area contributed by atoms with Gasteiger partial charge in [-0.2, -0.15) is 0 Å². The van der Waals surface area contributed by atoms with Gasteiger partial charge in [0.2, 0.25) is 0 Å². The first-order valence-corrected chi connectivity index (χ1v) is 8.89. The molecule has 2 aromatic rings. The van der Waals surface area contributed by atoms with Gasteiger partial charge < -0.3 is 9.67 Å². The number of carboxylic acid groups (broad SMARTS) is 1. The number of carbonyl (C=O) groups is 1. The molecule has 1 aromatic carbocycles. The number of aliphatic carboxylic acids is 1. The van der Waals surface area contributed by atoms with E-state index >= 15 is 0 Å². The standard InChI is InChI=1S/C15H19IN2O2S/c1-4-15(2,3)9-18-12-6-5-10(16)7-11(12)17-14(18)21-8-13(19)20/h5-7H,4,8-9H2,1-3H3,(H,19,20). The molecule has 1 N–H and O–H groups in total. The Morgan fingerprint density at radius 1 is 1.48 bits per heavy atom. The van der Waals surface area contributed by atoms with Crippen molar-refractivity contribution in [1.82, 2.24) is 9.55 Å². The number of benzene rings is 1. The topological polar surface area (TPSA) is 55.1 Å². The fourth-order valence-corrected chi connectivity index (χ4v) is 3.22. The molecule has 0 atom stereocenters. The molecule has 0 saturated carbocycles. The lowest BCUT2D eigenvalue weighted by Gasteiger charge is -2.24. The number of carboxylic acids is 1. The van der Waals surface area contributed by atoms with E-state index in [9.17, 15) is 4.79 Å². The zero-order valence-corrected chi connectivity index (χ0v) is 15.4. The van der Waals surface area contributed by atoms with Crippen LogP contribution in [0.25, 0.3) is 11.0 Å². The van der Waals surface area contributed by atoms with Crippen molar-refractivity contribution in [2.24, 2.45) is 5.41 Å². The van der Waals surface area contributed by atoms with Crippen LogP contribution in [0, 0.1) is 8.99 Å². The minimum absolute atomic E-state index is 0.0347. The van der Waals surface area contributed by atoms with Crippen LogP contribution in [-0.2, 0) is 11.3 Å². The fraction of sp³-hybridized carbons (Fsp3) is 0.467. The van der Waals surface area contributed by atoms with Gasteiger partial charge in [-0.3, -0.25) is 4.79 Å². The van der Waals surface area contributed by atoms with Crippen molar-refractivity contribution in [2.75, 3.05) is 5.75 Å². The number of halogens is 1. The van der Waals surface area contributed by atoms with Gasteiger partial charge in [0.15, 0.2) is 5.16 Å². The highest BCUT2D eigenvalue weighted by Gasteiger charge is 2.21. The molecule has 0 radical (unpaired) electrons. The van der Waals surface area contributed by atoms with E-state index in [1.807, 2.05) is 6.07 Å². The predicted octanol–water partition coefficient (Wildman–Crippen LogP) is 4.25. The zero-order valence-electron chi connectivity index (χ0n) is 12.4. The van der Waals surface area contributed by atoms with Crippen molar-refractivity contribution in [3.05, 3.63) is 21.8 Å². The maximum Gasteiger partial charge on any atom is 0.313 e. The van der Waals surface area contributed by atoms with Crippen molar-refractivity contribution < 1.29 is 9.90 Å². The molecule has 114 valence electrons. The molecule has 0 aliphatic heterocycles. The second kappa shape index (κ2) is 6.56. The highest BCUT2D eigenvalue weighted by atomic mass is 127. The summed E-state index contributed by atoms with van der Waals surface area (Å²) in [4.78, 5) is 15.5. The van der Waals surface area contributed by atoms with Crippen LogP contribution in [0.4, 0.5) is 0 Å². The summed E-state index contributed by atoms with van der Waals surface area (Å²) in [6.07, 6.45) is 1.06. The van der Waals surface area contributed by atoms with Gasteiger partial charge in [-0.05, 0) is 52.6 Å². The molecule has 0 aliphatic carbocycles. The third-order valence-corrected chi connectivity index (χ3v) is 5.18. The van der Waals surface area contributed by atoms with Crippen LogP contribution in [0.2, 0.25) is 0 Å². The van der Waals surface area contributed by atoms with Gasteiger partial charge >= 0.3 is 5.97 Å². The molecule has 0 fully saturated rings. The minimum Gasteiger partial charge on any atom is -0.481 e.